The van der Waals surface area contributed by atoms with Crippen LogP contribution in [0.3, 0.4) is 0 Å². The lowest BCUT2D eigenvalue weighted by Gasteiger charge is -2.27. The fraction of sp³-hybridized carbons (Fsp3) is 0.241. The minimum atomic E-state index is -1.26. The number of benzene rings is 3. The van der Waals surface area contributed by atoms with E-state index in [0.29, 0.717) is 11.3 Å². The minimum absolute atomic E-state index is 0.116. The van der Waals surface area contributed by atoms with E-state index in [1.807, 2.05) is 66.7 Å². The van der Waals surface area contributed by atoms with E-state index >= 15 is 0 Å². The zero-order valence-electron chi connectivity index (χ0n) is 19.8. The van der Waals surface area contributed by atoms with Gasteiger partial charge in [-0.2, -0.15) is 5.26 Å². The molecule has 0 fully saturated rings. The van der Waals surface area contributed by atoms with Crippen molar-refractivity contribution in [3.63, 3.8) is 0 Å². The standard InChI is InChI=1S/C29H28N2O4/c1-3-34-28(32)24(20-30)25(21-14-8-5-9-15-21)27(29(33)35-4-2)31-26(22-16-10-6-11-17-22)23-18-12-7-13-19-23/h5-19,24-25,27H,3-4H2,1-2H3. The monoisotopic (exact) mass is 468 g/mol. The first kappa shape index (κ1) is 25.4. The summed E-state index contributed by atoms with van der Waals surface area (Å²) in [7, 11) is 0. The van der Waals surface area contributed by atoms with Gasteiger partial charge in [-0.25, -0.2) is 4.79 Å². The Hall–Kier alpha value is -4.24. The van der Waals surface area contributed by atoms with Crippen LogP contribution >= 0.6 is 0 Å². The van der Waals surface area contributed by atoms with Gasteiger partial charge >= 0.3 is 11.9 Å². The van der Waals surface area contributed by atoms with Crippen molar-refractivity contribution in [3.8, 4) is 6.07 Å². The predicted octanol–water partition coefficient (Wildman–Crippen LogP) is 4.94. The molecule has 0 amide bonds. The lowest BCUT2D eigenvalue weighted by Crippen LogP contribution is -2.37. The zero-order valence-corrected chi connectivity index (χ0v) is 19.8. The third-order valence-corrected chi connectivity index (χ3v) is 5.45. The SMILES string of the molecule is CCOC(=O)C(C#N)C(c1ccccc1)C(N=C(c1ccccc1)c1ccccc1)C(=O)OCC. The number of rotatable bonds is 10. The highest BCUT2D eigenvalue weighted by molar-refractivity contribution is 6.13. The predicted molar refractivity (Wildman–Crippen MR) is 134 cm³/mol. The Kier molecular flexibility index (Phi) is 9.32. The highest BCUT2D eigenvalue weighted by Crippen LogP contribution is 2.33. The number of ether oxygens (including phenoxy) is 2. The first-order valence-electron chi connectivity index (χ1n) is 11.6. The van der Waals surface area contributed by atoms with Gasteiger partial charge in [0.2, 0.25) is 0 Å². The lowest BCUT2D eigenvalue weighted by atomic mass is 9.81. The Morgan fingerprint density at radius 2 is 1.23 bits per heavy atom. The third kappa shape index (κ3) is 6.42. The van der Waals surface area contributed by atoms with Crippen LogP contribution in [0.4, 0.5) is 0 Å². The van der Waals surface area contributed by atoms with Crippen molar-refractivity contribution in [3.05, 3.63) is 108 Å². The second kappa shape index (κ2) is 12.9. The van der Waals surface area contributed by atoms with Crippen molar-refractivity contribution in [2.75, 3.05) is 13.2 Å². The Labute approximate surface area is 205 Å². The first-order valence-corrected chi connectivity index (χ1v) is 11.6. The maximum atomic E-state index is 13.4. The van der Waals surface area contributed by atoms with E-state index in [9.17, 15) is 14.9 Å². The molecule has 3 aromatic rings. The van der Waals surface area contributed by atoms with Gasteiger partial charge in [-0.3, -0.25) is 9.79 Å². The van der Waals surface area contributed by atoms with Crippen LogP contribution in [0, 0.1) is 17.2 Å². The molecular weight excluding hydrogens is 440 g/mol. The van der Waals surface area contributed by atoms with E-state index in [4.69, 9.17) is 14.5 Å². The summed E-state index contributed by atoms with van der Waals surface area (Å²) in [5.74, 6) is -3.49. The summed E-state index contributed by atoms with van der Waals surface area (Å²) in [6, 6.07) is 28.8. The molecule has 3 atom stereocenters. The maximum absolute atomic E-state index is 13.4. The molecule has 0 bridgehead atoms. The van der Waals surface area contributed by atoms with Crippen molar-refractivity contribution in [1.82, 2.24) is 0 Å². The third-order valence-electron chi connectivity index (χ3n) is 5.45. The van der Waals surface area contributed by atoms with Crippen LogP contribution in [0.15, 0.2) is 96.0 Å². The molecule has 0 saturated heterocycles. The Morgan fingerprint density at radius 1 is 0.771 bits per heavy atom. The molecule has 0 radical (unpaired) electrons. The molecule has 0 heterocycles. The largest absolute Gasteiger partial charge is 0.465 e. The van der Waals surface area contributed by atoms with E-state index in [0.717, 1.165) is 11.1 Å². The fourth-order valence-corrected chi connectivity index (χ4v) is 3.90. The van der Waals surface area contributed by atoms with Gasteiger partial charge in [0.25, 0.3) is 0 Å². The summed E-state index contributed by atoms with van der Waals surface area (Å²) in [5, 5.41) is 10.0. The summed E-state index contributed by atoms with van der Waals surface area (Å²) in [5.41, 5.74) is 2.77. The number of nitrogens with zero attached hydrogens (tertiary/aromatic N) is 2. The Morgan fingerprint density at radius 3 is 1.69 bits per heavy atom. The van der Waals surface area contributed by atoms with Gasteiger partial charge < -0.3 is 9.47 Å². The van der Waals surface area contributed by atoms with E-state index in [2.05, 4.69) is 6.07 Å². The van der Waals surface area contributed by atoms with Gasteiger partial charge in [-0.05, 0) is 19.4 Å². The molecule has 6 nitrogen and oxygen atoms in total. The van der Waals surface area contributed by atoms with Gasteiger partial charge in [0.05, 0.1) is 25.0 Å². The van der Waals surface area contributed by atoms with Gasteiger partial charge in [0.1, 0.15) is 0 Å². The lowest BCUT2D eigenvalue weighted by molar-refractivity contribution is -0.149. The molecule has 3 rings (SSSR count). The van der Waals surface area contributed by atoms with E-state index < -0.39 is 29.8 Å². The van der Waals surface area contributed by atoms with Crippen molar-refractivity contribution in [1.29, 1.82) is 5.26 Å². The van der Waals surface area contributed by atoms with Crippen molar-refractivity contribution in [2.24, 2.45) is 10.9 Å². The molecule has 0 aliphatic carbocycles. The highest BCUT2D eigenvalue weighted by Gasteiger charge is 2.41. The first-order chi connectivity index (χ1) is 17.1. The van der Waals surface area contributed by atoms with E-state index in [1.54, 1.807) is 38.1 Å². The zero-order chi connectivity index (χ0) is 25.0. The molecule has 0 spiro atoms. The average Bonchev–Trinajstić information content (AvgIpc) is 2.90. The minimum Gasteiger partial charge on any atom is -0.465 e. The molecule has 0 aliphatic heterocycles. The van der Waals surface area contributed by atoms with Gasteiger partial charge in [0, 0.05) is 17.0 Å². The van der Waals surface area contributed by atoms with Crippen LogP contribution in [0.5, 0.6) is 0 Å². The molecule has 178 valence electrons. The second-order valence-corrected chi connectivity index (χ2v) is 7.70. The number of hydrogen-bond acceptors (Lipinski definition) is 6. The topological polar surface area (TPSA) is 88.8 Å². The number of hydrogen-bond donors (Lipinski definition) is 0. The summed E-state index contributed by atoms with van der Waals surface area (Å²) in [6.07, 6.45) is 0. The van der Waals surface area contributed by atoms with Crippen LogP contribution in [0.1, 0.15) is 36.5 Å². The van der Waals surface area contributed by atoms with Crippen LogP contribution in [0.2, 0.25) is 0 Å². The Bertz CT molecular complexity index is 1130. The van der Waals surface area contributed by atoms with E-state index in [-0.39, 0.29) is 13.2 Å². The normalized spacial score (nSPS) is 12.9. The Balaban J connectivity index is 2.26. The molecule has 3 unspecified atom stereocenters. The van der Waals surface area contributed by atoms with E-state index in [1.165, 1.54) is 0 Å². The molecule has 6 heteroatoms. The molecule has 35 heavy (non-hydrogen) atoms. The average molecular weight is 469 g/mol. The quantitative estimate of drug-likeness (QED) is 0.311. The number of aliphatic imine (C=N–C) groups is 1. The number of carbonyl (C=O) groups excluding carboxylic acids is 2. The highest BCUT2D eigenvalue weighted by atomic mass is 16.5. The van der Waals surface area contributed by atoms with Crippen LogP contribution in [0.25, 0.3) is 0 Å². The summed E-state index contributed by atoms with van der Waals surface area (Å²) < 4.78 is 10.6. The molecule has 0 aromatic heterocycles. The van der Waals surface area contributed by atoms with Crippen molar-refractivity contribution >= 4 is 17.7 Å². The van der Waals surface area contributed by atoms with Crippen LogP contribution in [-0.4, -0.2) is 36.9 Å². The summed E-state index contributed by atoms with van der Waals surface area (Å²) in [6.45, 7) is 3.63. The van der Waals surface area contributed by atoms with Crippen LogP contribution < -0.4 is 0 Å². The molecule has 0 N–H and O–H groups in total. The van der Waals surface area contributed by atoms with Gasteiger partial charge in [-0.15, -0.1) is 0 Å². The number of nitriles is 1. The van der Waals surface area contributed by atoms with Crippen LogP contribution in [-0.2, 0) is 19.1 Å². The number of carbonyl (C=O) groups is 2. The van der Waals surface area contributed by atoms with Crippen molar-refractivity contribution < 1.29 is 19.1 Å². The second-order valence-electron chi connectivity index (χ2n) is 7.70. The summed E-state index contributed by atoms with van der Waals surface area (Å²) in [4.78, 5) is 31.1. The molecular formula is C29H28N2O4. The fourth-order valence-electron chi connectivity index (χ4n) is 3.90. The van der Waals surface area contributed by atoms with Gasteiger partial charge in [-0.1, -0.05) is 91.0 Å². The smallest absolute Gasteiger partial charge is 0.331 e. The number of esters is 2. The molecule has 0 aliphatic rings. The molecule has 0 saturated carbocycles. The summed E-state index contributed by atoms with van der Waals surface area (Å²) >= 11 is 0. The maximum Gasteiger partial charge on any atom is 0.331 e. The molecule has 3 aromatic carbocycles. The van der Waals surface area contributed by atoms with Gasteiger partial charge in [0.15, 0.2) is 12.0 Å². The van der Waals surface area contributed by atoms with Crippen molar-refractivity contribution in [2.45, 2.75) is 25.8 Å².